The third kappa shape index (κ3) is 3.19. The Balaban J connectivity index is 0.00000218. The third-order valence-electron chi connectivity index (χ3n) is 5.11. The summed E-state index contributed by atoms with van der Waals surface area (Å²) in [7, 11) is -3.94. The summed E-state index contributed by atoms with van der Waals surface area (Å²) in [6, 6.07) is 5.07. The van der Waals surface area contributed by atoms with Crippen LogP contribution in [0.1, 0.15) is 50.0 Å². The number of nitriles is 1. The lowest BCUT2D eigenvalue weighted by molar-refractivity contribution is 0.150. The lowest BCUT2D eigenvalue weighted by Crippen LogP contribution is -2.35. The normalized spacial score (nSPS) is 18.3. The monoisotopic (exact) mass is 438 g/mol. The first-order valence-electron chi connectivity index (χ1n) is 8.91. The Hall–Kier alpha value is -2.49. The predicted octanol–water partition coefficient (Wildman–Crippen LogP) is 3.27. The van der Waals surface area contributed by atoms with Crippen LogP contribution in [-0.2, 0) is 10.0 Å². The average molecular weight is 438 g/mol. The van der Waals surface area contributed by atoms with E-state index >= 15 is 0 Å². The maximum atomic E-state index is 12.9. The van der Waals surface area contributed by atoms with Crippen LogP contribution < -0.4 is 4.72 Å². The van der Waals surface area contributed by atoms with Crippen molar-refractivity contribution in [2.75, 3.05) is 0 Å². The highest BCUT2D eigenvalue weighted by molar-refractivity contribution is 7.89. The maximum Gasteiger partial charge on any atom is 0.291 e. The van der Waals surface area contributed by atoms with Crippen LogP contribution in [0.25, 0.3) is 16.0 Å². The molecule has 1 N–H and O–H groups in total. The van der Waals surface area contributed by atoms with Crippen LogP contribution in [-0.4, -0.2) is 33.9 Å². The molecule has 2 aliphatic carbocycles. The Kier molecular flexibility index (Phi) is 4.00. The topological polar surface area (TPSA) is 114 Å². The summed E-state index contributed by atoms with van der Waals surface area (Å²) < 4.78 is 55.5. The Morgan fingerprint density at radius 3 is 2.69 bits per heavy atom. The fraction of sp³-hybridized carbons (Fsp3) is 0.412. The molecule has 2 aliphatic rings. The summed E-state index contributed by atoms with van der Waals surface area (Å²) in [5.74, 6) is 0.224. The minimum atomic E-state index is -3.94. The molecule has 0 aliphatic heterocycles. The van der Waals surface area contributed by atoms with E-state index < -0.39 is 27.0 Å². The molecule has 2 heterocycles. The molecule has 0 saturated heterocycles. The predicted molar refractivity (Wildman–Crippen MR) is 101 cm³/mol. The van der Waals surface area contributed by atoms with Crippen molar-refractivity contribution in [3.05, 3.63) is 28.9 Å². The maximum absolute atomic E-state index is 12.9. The summed E-state index contributed by atoms with van der Waals surface area (Å²) >= 11 is 0.701. The minimum Gasteiger partial charge on any atom is -0.207 e. The van der Waals surface area contributed by atoms with Crippen molar-refractivity contribution in [1.29, 1.82) is 5.26 Å². The molecular weight excluding hydrogens is 422 g/mol. The Bertz CT molecular complexity index is 1280. The van der Waals surface area contributed by atoms with Crippen LogP contribution in [0.2, 0.25) is 0 Å². The van der Waals surface area contributed by atoms with E-state index in [0.29, 0.717) is 29.7 Å². The Morgan fingerprint density at radius 2 is 2.10 bits per heavy atom. The molecule has 2 saturated carbocycles. The van der Waals surface area contributed by atoms with Crippen LogP contribution in [0, 0.1) is 11.3 Å². The summed E-state index contributed by atoms with van der Waals surface area (Å²) in [5, 5.41) is 21.2. The molecule has 5 rings (SSSR count). The van der Waals surface area contributed by atoms with Gasteiger partial charge in [0.1, 0.15) is 5.54 Å². The van der Waals surface area contributed by atoms with E-state index in [1.165, 1.54) is 10.7 Å². The molecule has 12 heteroatoms. The van der Waals surface area contributed by atoms with Gasteiger partial charge in [0, 0.05) is 6.81 Å². The van der Waals surface area contributed by atoms with Gasteiger partial charge in [-0.15, -0.1) is 10.2 Å². The summed E-state index contributed by atoms with van der Waals surface area (Å²) in [4.78, 5) is 0.0220. The second-order valence-corrected chi connectivity index (χ2v) is 9.97. The van der Waals surface area contributed by atoms with Gasteiger partial charge in [-0.2, -0.15) is 15.1 Å². The van der Waals surface area contributed by atoms with Gasteiger partial charge in [-0.05, 0) is 49.3 Å². The van der Waals surface area contributed by atoms with Gasteiger partial charge in [-0.3, -0.25) is 0 Å². The summed E-state index contributed by atoms with van der Waals surface area (Å²) in [6.45, 7) is 0. The van der Waals surface area contributed by atoms with Gasteiger partial charge < -0.3 is 0 Å². The first-order valence-corrected chi connectivity index (χ1v) is 11.2. The van der Waals surface area contributed by atoms with Gasteiger partial charge in [0.05, 0.1) is 22.7 Å². The summed E-state index contributed by atoms with van der Waals surface area (Å²) in [6.07, 6.45) is 1.67. The zero-order valence-corrected chi connectivity index (χ0v) is 16.5. The zero-order valence-electron chi connectivity index (χ0n) is 14.8. The molecule has 2 aromatic heterocycles. The van der Waals surface area contributed by atoms with E-state index in [-0.39, 0.29) is 17.4 Å². The van der Waals surface area contributed by atoms with Crippen molar-refractivity contribution in [2.45, 2.75) is 48.5 Å². The second kappa shape index (κ2) is 6.25. The smallest absolute Gasteiger partial charge is 0.207 e. The average Bonchev–Trinajstić information content (AvgIpc) is 3.57. The van der Waals surface area contributed by atoms with E-state index in [1.54, 1.807) is 12.3 Å². The van der Waals surface area contributed by atoms with Crippen LogP contribution in [0.15, 0.2) is 23.2 Å². The number of rotatable bonds is 6. The minimum absolute atomic E-state index is 0. The highest BCUT2D eigenvalue weighted by Crippen LogP contribution is 2.45. The molecule has 2 fully saturated rings. The Morgan fingerprint density at radius 1 is 1.34 bits per heavy atom. The highest BCUT2D eigenvalue weighted by atomic mass is 32.2. The van der Waals surface area contributed by atoms with Crippen molar-refractivity contribution < 1.29 is 18.6 Å². The number of benzene rings is 1. The largest absolute Gasteiger partial charge is 0.291 e. The van der Waals surface area contributed by atoms with Gasteiger partial charge in [0.25, 0.3) is 6.43 Å². The number of nitrogens with one attached hydrogen (secondary N) is 1. The van der Waals surface area contributed by atoms with Gasteiger partial charge in [-0.1, -0.05) is 11.3 Å². The molecule has 0 bridgehead atoms. The molecule has 3 aromatic rings. The van der Waals surface area contributed by atoms with Crippen LogP contribution in [0.4, 0.5) is 8.78 Å². The molecule has 0 radical (unpaired) electrons. The zero-order chi connectivity index (χ0) is 20.4. The van der Waals surface area contributed by atoms with Gasteiger partial charge in [-0.25, -0.2) is 21.9 Å². The molecule has 1 aromatic carbocycles. The van der Waals surface area contributed by atoms with Crippen molar-refractivity contribution >= 4 is 32.3 Å². The lowest BCUT2D eigenvalue weighted by Gasteiger charge is -2.12. The molecule has 29 heavy (non-hydrogen) atoms. The Labute approximate surface area is 169 Å². The third-order valence-corrected chi connectivity index (χ3v) is 7.54. The lowest BCUT2D eigenvalue weighted by atomic mass is 10.1. The van der Waals surface area contributed by atoms with Crippen molar-refractivity contribution in [3.63, 3.8) is 0 Å². The number of halogens is 2. The van der Waals surface area contributed by atoms with E-state index in [0.717, 1.165) is 23.8 Å². The standard InChI is InChI=1S/C17H14F2N6O2S2.H2/c18-14(19)15-22-23-16(28-15)25-13-6-10(29(26,27)24-17(8-20)3-4-17)5-11(9-1-2-9)12(13)7-21-25;/h5-7,9,14,24H,1-4H2;1H. The molecule has 152 valence electrons. The van der Waals surface area contributed by atoms with E-state index in [1.807, 2.05) is 6.07 Å². The number of hydrogen-bond acceptors (Lipinski definition) is 7. The fourth-order valence-electron chi connectivity index (χ4n) is 3.24. The van der Waals surface area contributed by atoms with Crippen molar-refractivity contribution in [2.24, 2.45) is 0 Å². The van der Waals surface area contributed by atoms with E-state index in [9.17, 15) is 22.5 Å². The van der Waals surface area contributed by atoms with Crippen molar-refractivity contribution in [3.8, 4) is 11.2 Å². The molecule has 0 atom stereocenters. The first-order chi connectivity index (χ1) is 13.8. The van der Waals surface area contributed by atoms with Crippen LogP contribution >= 0.6 is 11.3 Å². The molecule has 8 nitrogen and oxygen atoms in total. The van der Waals surface area contributed by atoms with Gasteiger partial charge in [0.2, 0.25) is 15.2 Å². The van der Waals surface area contributed by atoms with Crippen LogP contribution in [0.5, 0.6) is 0 Å². The molecule has 0 unspecified atom stereocenters. The number of nitrogens with zero attached hydrogens (tertiary/aromatic N) is 5. The number of alkyl halides is 2. The fourth-order valence-corrected chi connectivity index (χ4v) is 5.35. The number of fused-ring (bicyclic) bond motifs is 1. The molecular formula is C17H16F2N6O2S2. The SMILES string of the molecule is N#CC1(NS(=O)(=O)c2cc(C3CC3)c3cnn(-c4nnc(C(F)F)s4)c3c2)CC1.[HH]. The molecule has 0 amide bonds. The van der Waals surface area contributed by atoms with E-state index in [4.69, 9.17) is 0 Å². The number of aromatic nitrogens is 4. The van der Waals surface area contributed by atoms with Gasteiger partial charge >= 0.3 is 0 Å². The van der Waals surface area contributed by atoms with Crippen molar-refractivity contribution in [1.82, 2.24) is 24.7 Å². The molecule has 0 spiro atoms. The number of sulfonamides is 1. The van der Waals surface area contributed by atoms with E-state index in [2.05, 4.69) is 20.0 Å². The second-order valence-electron chi connectivity index (χ2n) is 7.30. The summed E-state index contributed by atoms with van der Waals surface area (Å²) in [5.41, 5.74) is 0.252. The highest BCUT2D eigenvalue weighted by Gasteiger charge is 2.47. The quantitative estimate of drug-likeness (QED) is 0.632. The van der Waals surface area contributed by atoms with Crippen LogP contribution in [0.3, 0.4) is 0 Å². The number of hydrogen-bond donors (Lipinski definition) is 1. The first kappa shape index (κ1) is 18.5. The van der Waals surface area contributed by atoms with Gasteiger partial charge in [0.15, 0.2) is 5.01 Å².